The summed E-state index contributed by atoms with van der Waals surface area (Å²) in [4.78, 5) is 0.0860. The van der Waals surface area contributed by atoms with Gasteiger partial charge >= 0.3 is 0 Å². The topological polar surface area (TPSA) is 68.3 Å². The molecule has 0 aliphatic heterocycles. The van der Waals surface area contributed by atoms with Gasteiger partial charge in [-0.15, -0.1) is 6.58 Å². The lowest BCUT2D eigenvalue weighted by molar-refractivity contribution is 0.518. The van der Waals surface area contributed by atoms with Crippen LogP contribution in [-0.4, -0.2) is 25.3 Å². The zero-order chi connectivity index (χ0) is 19.7. The largest absolute Gasteiger partial charge is 0.222 e. The predicted octanol–water partition coefficient (Wildman–Crippen LogP) is 4.28. The van der Waals surface area contributed by atoms with E-state index in [2.05, 4.69) is 29.2 Å². The Labute approximate surface area is 174 Å². The van der Waals surface area contributed by atoms with Gasteiger partial charge in [-0.1, -0.05) is 65.1 Å². The average molecular weight is 516 g/mol. The highest BCUT2D eigenvalue weighted by molar-refractivity contribution is 14.1. The van der Waals surface area contributed by atoms with E-state index in [4.69, 9.17) is 0 Å². The predicted molar refractivity (Wildman–Crippen MR) is 115 cm³/mol. The van der Waals surface area contributed by atoms with Gasteiger partial charge in [-0.25, -0.2) is 16.8 Å². The van der Waals surface area contributed by atoms with E-state index < -0.39 is 23.8 Å². The summed E-state index contributed by atoms with van der Waals surface area (Å²) >= 11 is 2.19. The van der Waals surface area contributed by atoms with Crippen molar-refractivity contribution in [1.29, 1.82) is 0 Å². The Balaban J connectivity index is 2.28. The standard InChI is InChI=1S/C20H21IO4S2/c1-2-16-13-20(14-17(16)15-21,26(22,23)18-9-5-3-6-10-18)27(24,25)19-11-7-4-8-12-19/h2-12,16-17H,1,13-15H2/t16-,17+/m1/s1. The molecule has 7 heteroatoms. The van der Waals surface area contributed by atoms with Crippen molar-refractivity contribution >= 4 is 42.3 Å². The Hall–Kier alpha value is -1.19. The van der Waals surface area contributed by atoms with Gasteiger partial charge < -0.3 is 0 Å². The maximum Gasteiger partial charge on any atom is 0.198 e. The third kappa shape index (κ3) is 3.27. The fourth-order valence-corrected chi connectivity index (χ4v) is 10.1. The highest BCUT2D eigenvalue weighted by atomic mass is 127. The average Bonchev–Trinajstić information content (AvgIpc) is 3.11. The molecule has 2 aromatic carbocycles. The lowest BCUT2D eigenvalue weighted by Crippen LogP contribution is -2.44. The van der Waals surface area contributed by atoms with Crippen LogP contribution in [0.15, 0.2) is 83.1 Å². The molecule has 0 bridgehead atoms. The number of halogens is 1. The molecule has 144 valence electrons. The summed E-state index contributed by atoms with van der Waals surface area (Å²) in [5.74, 6) is -0.223. The van der Waals surface area contributed by atoms with Crippen molar-refractivity contribution in [3.63, 3.8) is 0 Å². The summed E-state index contributed by atoms with van der Waals surface area (Å²) in [5, 5.41) is 0. The lowest BCUT2D eigenvalue weighted by Gasteiger charge is -2.29. The van der Waals surface area contributed by atoms with Crippen LogP contribution in [0.4, 0.5) is 0 Å². The molecule has 0 saturated heterocycles. The second kappa shape index (κ2) is 7.67. The molecule has 1 saturated carbocycles. The van der Waals surface area contributed by atoms with Crippen molar-refractivity contribution in [1.82, 2.24) is 0 Å². The van der Waals surface area contributed by atoms with Gasteiger partial charge in [0.2, 0.25) is 0 Å². The first kappa shape index (κ1) is 20.5. The number of sulfone groups is 2. The van der Waals surface area contributed by atoms with Crippen molar-refractivity contribution in [3.05, 3.63) is 73.3 Å². The molecular weight excluding hydrogens is 495 g/mol. The Morgan fingerprint density at radius 3 is 1.67 bits per heavy atom. The molecule has 1 fully saturated rings. The van der Waals surface area contributed by atoms with Crippen LogP contribution in [0.1, 0.15) is 12.8 Å². The van der Waals surface area contributed by atoms with Crippen molar-refractivity contribution in [3.8, 4) is 0 Å². The highest BCUT2D eigenvalue weighted by Gasteiger charge is 2.61. The van der Waals surface area contributed by atoms with Crippen LogP contribution in [0.3, 0.4) is 0 Å². The summed E-state index contributed by atoms with van der Waals surface area (Å²) in [6, 6.07) is 15.8. The molecule has 0 N–H and O–H groups in total. The summed E-state index contributed by atoms with van der Waals surface area (Å²) < 4.78 is 53.5. The lowest BCUT2D eigenvalue weighted by atomic mass is 9.99. The summed E-state index contributed by atoms with van der Waals surface area (Å²) in [6.07, 6.45) is 1.80. The number of hydrogen-bond acceptors (Lipinski definition) is 4. The SMILES string of the molecule is C=C[C@@H]1CC(S(=O)(=O)c2ccccc2)(S(=O)(=O)c2ccccc2)C[C@H]1CI. The fraction of sp³-hybridized carbons (Fsp3) is 0.300. The highest BCUT2D eigenvalue weighted by Crippen LogP contribution is 2.52. The van der Waals surface area contributed by atoms with E-state index in [9.17, 15) is 16.8 Å². The van der Waals surface area contributed by atoms with E-state index >= 15 is 0 Å². The Morgan fingerprint density at radius 1 is 0.889 bits per heavy atom. The molecule has 0 heterocycles. The Kier molecular flexibility index (Phi) is 5.84. The van der Waals surface area contributed by atoms with Gasteiger partial charge in [0.1, 0.15) is 0 Å². The normalized spacial score (nSPS) is 22.4. The zero-order valence-corrected chi connectivity index (χ0v) is 18.5. The first-order chi connectivity index (χ1) is 12.8. The zero-order valence-electron chi connectivity index (χ0n) is 14.7. The van der Waals surface area contributed by atoms with E-state index in [1.165, 1.54) is 24.3 Å². The molecule has 0 spiro atoms. The van der Waals surface area contributed by atoms with Crippen molar-refractivity contribution in [2.75, 3.05) is 4.43 Å². The molecule has 2 atom stereocenters. The minimum Gasteiger partial charge on any atom is -0.222 e. The molecule has 0 radical (unpaired) electrons. The first-order valence-corrected chi connectivity index (χ1v) is 13.1. The maximum atomic E-state index is 13.7. The minimum absolute atomic E-state index is 0.0264. The molecule has 3 rings (SSSR count). The monoisotopic (exact) mass is 516 g/mol. The Morgan fingerprint density at radius 2 is 1.33 bits per heavy atom. The van der Waals surface area contributed by atoms with Gasteiger partial charge in [0.15, 0.2) is 23.8 Å². The first-order valence-electron chi connectivity index (χ1n) is 8.58. The molecule has 1 aliphatic rings. The molecular formula is C20H21IO4S2. The van der Waals surface area contributed by atoms with Crippen LogP contribution in [0.5, 0.6) is 0 Å². The Bertz CT molecular complexity index is 947. The van der Waals surface area contributed by atoms with Crippen LogP contribution in [0.2, 0.25) is 0 Å². The van der Waals surface area contributed by atoms with Crippen LogP contribution in [0.25, 0.3) is 0 Å². The molecule has 4 nitrogen and oxygen atoms in total. The van der Waals surface area contributed by atoms with Crippen molar-refractivity contribution < 1.29 is 16.8 Å². The van der Waals surface area contributed by atoms with Crippen LogP contribution < -0.4 is 0 Å². The number of hydrogen-bond donors (Lipinski definition) is 0. The van der Waals surface area contributed by atoms with Gasteiger partial charge in [-0.2, -0.15) is 0 Å². The van der Waals surface area contributed by atoms with E-state index in [-0.39, 0.29) is 34.5 Å². The maximum absolute atomic E-state index is 13.7. The molecule has 0 unspecified atom stereocenters. The summed E-state index contributed by atoms with van der Waals surface area (Å²) in [5.41, 5.74) is 0. The third-order valence-electron chi connectivity index (χ3n) is 5.31. The van der Waals surface area contributed by atoms with Gasteiger partial charge in [0, 0.05) is 4.43 Å². The number of allylic oxidation sites excluding steroid dienone is 1. The third-order valence-corrected chi connectivity index (χ3v) is 12.2. The fourth-order valence-electron chi connectivity index (χ4n) is 3.82. The van der Waals surface area contributed by atoms with Gasteiger partial charge in [-0.3, -0.25) is 0 Å². The summed E-state index contributed by atoms with van der Waals surface area (Å²) in [7, 11) is -8.26. The number of benzene rings is 2. The van der Waals surface area contributed by atoms with Crippen molar-refractivity contribution in [2.24, 2.45) is 11.8 Å². The van der Waals surface area contributed by atoms with Gasteiger partial charge in [0.25, 0.3) is 0 Å². The van der Waals surface area contributed by atoms with E-state index in [0.29, 0.717) is 4.43 Å². The van der Waals surface area contributed by atoms with Crippen LogP contribution >= 0.6 is 22.6 Å². The quantitative estimate of drug-likeness (QED) is 0.327. The molecule has 27 heavy (non-hydrogen) atoms. The second-order valence-electron chi connectivity index (χ2n) is 6.77. The smallest absolute Gasteiger partial charge is 0.198 e. The molecule has 0 amide bonds. The molecule has 0 aromatic heterocycles. The van der Waals surface area contributed by atoms with E-state index in [1.54, 1.807) is 42.5 Å². The van der Waals surface area contributed by atoms with Crippen molar-refractivity contribution in [2.45, 2.75) is 26.7 Å². The van der Waals surface area contributed by atoms with Gasteiger partial charge in [0.05, 0.1) is 9.79 Å². The van der Waals surface area contributed by atoms with Crippen LogP contribution in [0, 0.1) is 11.8 Å². The molecule has 1 aliphatic carbocycles. The van der Waals surface area contributed by atoms with E-state index in [1.807, 2.05) is 0 Å². The summed E-state index contributed by atoms with van der Waals surface area (Å²) in [6.45, 7) is 3.82. The second-order valence-corrected chi connectivity index (χ2v) is 12.4. The number of alkyl halides is 1. The van der Waals surface area contributed by atoms with Crippen LogP contribution in [-0.2, 0) is 19.7 Å². The molecule has 2 aromatic rings. The minimum atomic E-state index is -4.13. The van der Waals surface area contributed by atoms with E-state index in [0.717, 1.165) is 0 Å². The van der Waals surface area contributed by atoms with Gasteiger partial charge in [-0.05, 0) is 48.9 Å². The number of rotatable bonds is 6.